The van der Waals surface area contributed by atoms with Gasteiger partial charge in [0.1, 0.15) is 5.69 Å². The monoisotopic (exact) mass is 465 g/mol. The summed E-state index contributed by atoms with van der Waals surface area (Å²) in [6.45, 7) is 0. The zero-order chi connectivity index (χ0) is 22.9. The molecule has 0 aliphatic heterocycles. The van der Waals surface area contributed by atoms with Gasteiger partial charge in [0.25, 0.3) is 5.91 Å². The lowest BCUT2D eigenvalue weighted by Gasteiger charge is -2.11. The maximum Gasteiger partial charge on any atom is 0.439 e. The molecule has 4 N–H and O–H groups in total. The molecule has 1 aliphatic carbocycles. The molecule has 4 aromatic rings. The number of rotatable bonds is 5. The van der Waals surface area contributed by atoms with Crippen LogP contribution in [0.2, 0.25) is 5.02 Å². The highest BCUT2D eigenvalue weighted by Crippen LogP contribution is 2.31. The summed E-state index contributed by atoms with van der Waals surface area (Å²) in [6.07, 6.45) is 3.95. The molecule has 5 rings (SSSR count). The smallest absolute Gasteiger partial charge is 0.349 e. The van der Waals surface area contributed by atoms with Crippen LogP contribution in [0.3, 0.4) is 0 Å². The van der Waals surface area contributed by atoms with E-state index < -0.39 is 11.7 Å². The second-order valence-electron chi connectivity index (χ2n) is 8.01. The minimum absolute atomic E-state index is 0.00742. The third-order valence-corrected chi connectivity index (χ3v) is 6.04. The van der Waals surface area contributed by atoms with Gasteiger partial charge in [0.05, 0.1) is 16.9 Å². The zero-order valence-electron chi connectivity index (χ0n) is 17.4. The van der Waals surface area contributed by atoms with E-state index >= 15 is 0 Å². The van der Waals surface area contributed by atoms with E-state index in [0.29, 0.717) is 33.2 Å². The Morgan fingerprint density at radius 3 is 2.61 bits per heavy atom. The van der Waals surface area contributed by atoms with Crippen LogP contribution >= 0.6 is 11.6 Å². The summed E-state index contributed by atoms with van der Waals surface area (Å²) >= 11 is 6.08. The van der Waals surface area contributed by atoms with Crippen molar-refractivity contribution in [3.63, 3.8) is 0 Å². The number of hydrogen-bond acceptors (Lipinski definition) is 5. The van der Waals surface area contributed by atoms with Crippen molar-refractivity contribution < 1.29 is 14.1 Å². The maximum absolute atomic E-state index is 13.0. The number of amides is 2. The van der Waals surface area contributed by atoms with Crippen molar-refractivity contribution in [3.05, 3.63) is 63.7 Å². The first kappa shape index (κ1) is 21.0. The highest BCUT2D eigenvalue weighted by atomic mass is 35.5. The molecule has 2 amide bonds. The molecule has 1 fully saturated rings. The lowest BCUT2D eigenvalue weighted by molar-refractivity contribution is -0.119. The van der Waals surface area contributed by atoms with Crippen molar-refractivity contribution in [3.8, 4) is 11.4 Å². The molecule has 2 heterocycles. The molecular weight excluding hydrogens is 446 g/mol. The van der Waals surface area contributed by atoms with Crippen LogP contribution in [0.15, 0.2) is 51.8 Å². The Kier molecular flexibility index (Phi) is 5.47. The zero-order valence-corrected chi connectivity index (χ0v) is 18.2. The fourth-order valence-corrected chi connectivity index (χ4v) is 4.33. The highest BCUT2D eigenvalue weighted by molar-refractivity contribution is 6.31. The quantitative estimate of drug-likeness (QED) is 0.343. The van der Waals surface area contributed by atoms with Gasteiger partial charge in [-0.25, -0.2) is 4.79 Å². The molecule has 1 saturated carbocycles. The first-order valence-corrected chi connectivity index (χ1v) is 11.0. The number of halogens is 1. The van der Waals surface area contributed by atoms with Gasteiger partial charge in [-0.05, 0) is 43.2 Å². The number of fused-ring (bicyclic) bond motifs is 1. The molecular formula is C23H20ClN5O4. The second kappa shape index (κ2) is 8.59. The van der Waals surface area contributed by atoms with Crippen molar-refractivity contribution in [1.29, 1.82) is 0 Å². The van der Waals surface area contributed by atoms with Crippen molar-refractivity contribution in [2.45, 2.75) is 25.7 Å². The van der Waals surface area contributed by atoms with Crippen molar-refractivity contribution >= 4 is 45.7 Å². The van der Waals surface area contributed by atoms with Crippen molar-refractivity contribution in [1.82, 2.24) is 15.1 Å². The Balaban J connectivity index is 1.42. The minimum Gasteiger partial charge on any atom is -0.349 e. The van der Waals surface area contributed by atoms with Gasteiger partial charge < -0.3 is 15.6 Å². The molecule has 9 nitrogen and oxygen atoms in total. The van der Waals surface area contributed by atoms with E-state index in [1.165, 1.54) is 0 Å². The van der Waals surface area contributed by atoms with E-state index in [1.807, 2.05) is 18.2 Å². The van der Waals surface area contributed by atoms with Gasteiger partial charge >= 0.3 is 5.76 Å². The second-order valence-corrected chi connectivity index (χ2v) is 8.45. The van der Waals surface area contributed by atoms with Crippen LogP contribution in [0.1, 0.15) is 36.2 Å². The number of anilines is 2. The predicted octanol–water partition coefficient (Wildman–Crippen LogP) is 4.55. The number of aromatic amines is 2. The summed E-state index contributed by atoms with van der Waals surface area (Å²) in [7, 11) is 0. The van der Waals surface area contributed by atoms with E-state index in [-0.39, 0.29) is 17.6 Å². The number of aromatic nitrogens is 3. The maximum atomic E-state index is 13.0. The SMILES string of the molecule is O=C(Nc1ccc(Cl)cc1-c1noc(=O)[nH]1)c1cc2cccc(NC(=O)C3CCCC3)c2[nH]1. The van der Waals surface area contributed by atoms with Crippen LogP contribution < -0.4 is 16.4 Å². The summed E-state index contributed by atoms with van der Waals surface area (Å²) in [5, 5.41) is 10.7. The van der Waals surface area contributed by atoms with E-state index in [9.17, 15) is 14.4 Å². The third kappa shape index (κ3) is 4.27. The van der Waals surface area contributed by atoms with Gasteiger partial charge in [0.2, 0.25) is 5.91 Å². The van der Waals surface area contributed by atoms with Crippen molar-refractivity contribution in [2.24, 2.45) is 5.92 Å². The summed E-state index contributed by atoms with van der Waals surface area (Å²) in [5.74, 6) is -0.942. The number of carbonyl (C=O) groups excluding carboxylic acids is 2. The number of H-pyrrole nitrogens is 2. The molecule has 0 bridgehead atoms. The van der Waals surface area contributed by atoms with E-state index in [0.717, 1.165) is 31.1 Å². The molecule has 10 heteroatoms. The average molecular weight is 466 g/mol. The molecule has 0 atom stereocenters. The van der Waals surface area contributed by atoms with Gasteiger partial charge in [-0.2, -0.15) is 0 Å². The van der Waals surface area contributed by atoms with Crippen LogP contribution in [0.25, 0.3) is 22.3 Å². The number of para-hydroxylation sites is 1. The molecule has 33 heavy (non-hydrogen) atoms. The van der Waals surface area contributed by atoms with Crippen LogP contribution in [-0.2, 0) is 4.79 Å². The Bertz CT molecular complexity index is 1410. The average Bonchev–Trinajstić information content (AvgIpc) is 3.55. The summed E-state index contributed by atoms with van der Waals surface area (Å²) in [4.78, 5) is 42.5. The Hall–Kier alpha value is -3.85. The molecule has 2 aromatic heterocycles. The minimum atomic E-state index is -0.718. The summed E-state index contributed by atoms with van der Waals surface area (Å²) in [5.41, 5.74) is 2.41. The topological polar surface area (TPSA) is 133 Å². The standard InChI is InChI=1S/C23H20ClN5O4/c24-14-8-9-16(15(11-14)20-28-23(32)33-29-20)26-22(31)18-10-13-6-3-7-17(19(13)25-18)27-21(30)12-4-1-2-5-12/h3,6-12,25H,1-2,4-5H2,(H,26,31)(H,27,30)(H,28,29,32). The number of nitrogens with one attached hydrogen (secondary N) is 4. The van der Waals surface area contributed by atoms with Crippen LogP contribution in [0, 0.1) is 5.92 Å². The van der Waals surface area contributed by atoms with E-state index in [4.69, 9.17) is 11.6 Å². The van der Waals surface area contributed by atoms with E-state index in [1.54, 1.807) is 24.3 Å². The molecule has 0 spiro atoms. The van der Waals surface area contributed by atoms with Gasteiger partial charge in [0.15, 0.2) is 5.82 Å². The van der Waals surface area contributed by atoms with Gasteiger partial charge in [-0.3, -0.25) is 19.1 Å². The largest absolute Gasteiger partial charge is 0.439 e. The van der Waals surface area contributed by atoms with Crippen LogP contribution in [0.5, 0.6) is 0 Å². The summed E-state index contributed by atoms with van der Waals surface area (Å²) < 4.78 is 4.57. The third-order valence-electron chi connectivity index (χ3n) is 5.81. The van der Waals surface area contributed by atoms with Gasteiger partial charge in [0, 0.05) is 21.9 Å². The Labute approximate surface area is 192 Å². The number of carbonyl (C=O) groups is 2. The first-order chi connectivity index (χ1) is 16.0. The molecule has 168 valence electrons. The fourth-order valence-electron chi connectivity index (χ4n) is 4.16. The van der Waals surface area contributed by atoms with Crippen LogP contribution in [0.4, 0.5) is 11.4 Å². The number of hydrogen-bond donors (Lipinski definition) is 4. The van der Waals surface area contributed by atoms with E-state index in [2.05, 4.69) is 30.3 Å². The molecule has 0 saturated heterocycles. The number of nitrogens with zero attached hydrogens (tertiary/aromatic N) is 1. The molecule has 0 radical (unpaired) electrons. The Morgan fingerprint density at radius 2 is 1.85 bits per heavy atom. The highest BCUT2D eigenvalue weighted by Gasteiger charge is 2.23. The van der Waals surface area contributed by atoms with Crippen molar-refractivity contribution in [2.75, 3.05) is 10.6 Å². The lowest BCUT2D eigenvalue weighted by atomic mass is 10.1. The van der Waals surface area contributed by atoms with Gasteiger partial charge in [-0.15, -0.1) is 0 Å². The predicted molar refractivity (Wildman–Crippen MR) is 124 cm³/mol. The van der Waals surface area contributed by atoms with Crippen LogP contribution in [-0.4, -0.2) is 26.9 Å². The number of benzene rings is 2. The fraction of sp³-hybridized carbons (Fsp3) is 0.217. The Morgan fingerprint density at radius 1 is 1.03 bits per heavy atom. The molecule has 2 aromatic carbocycles. The summed E-state index contributed by atoms with van der Waals surface area (Å²) in [6, 6.07) is 12.0. The normalized spacial score (nSPS) is 14.0. The van der Waals surface area contributed by atoms with Gasteiger partial charge in [-0.1, -0.05) is 41.7 Å². The molecule has 1 aliphatic rings. The lowest BCUT2D eigenvalue weighted by Crippen LogP contribution is -2.20. The first-order valence-electron chi connectivity index (χ1n) is 10.6. The molecule has 0 unspecified atom stereocenters.